The fourth-order valence-corrected chi connectivity index (χ4v) is 2.22. The molecule has 0 radical (unpaired) electrons. The second-order valence-electron chi connectivity index (χ2n) is 1.25. The molecule has 0 heterocycles. The molecule has 0 rings (SSSR count). The summed E-state index contributed by atoms with van der Waals surface area (Å²) in [6.07, 6.45) is 0. The molecule has 8 nitrogen and oxygen atoms in total. The predicted octanol–water partition coefficient (Wildman–Crippen LogP) is 1.13. The second kappa shape index (κ2) is 4.84. The number of rotatable bonds is 5. The van der Waals surface area contributed by atoms with Crippen molar-refractivity contribution in [3.05, 3.63) is 0 Å². The zero-order valence-corrected chi connectivity index (χ0v) is 8.11. The Morgan fingerprint density at radius 3 is 2.25 bits per heavy atom. The van der Waals surface area contributed by atoms with E-state index >= 15 is 0 Å². The van der Waals surface area contributed by atoms with Crippen molar-refractivity contribution in [2.45, 2.75) is 0 Å². The van der Waals surface area contributed by atoms with Crippen molar-refractivity contribution in [2.24, 2.45) is 4.76 Å². The van der Waals surface area contributed by atoms with Crippen LogP contribution in [0.1, 0.15) is 0 Å². The summed E-state index contributed by atoms with van der Waals surface area (Å²) in [6.45, 7) is 2.74. The molecule has 0 spiro atoms. The molecule has 3 unspecified atom stereocenters. The quantitative estimate of drug-likeness (QED) is 0.540. The summed E-state index contributed by atoms with van der Waals surface area (Å²) < 4.78 is 40.6. The first-order valence-corrected chi connectivity index (χ1v) is 5.95. The van der Waals surface area contributed by atoms with E-state index in [1.165, 1.54) is 0 Å². The van der Waals surface area contributed by atoms with Crippen molar-refractivity contribution >= 4 is 31.0 Å². The van der Waals surface area contributed by atoms with Crippen LogP contribution < -0.4 is 0 Å². The van der Waals surface area contributed by atoms with Crippen LogP contribution in [0.4, 0.5) is 0 Å². The van der Waals surface area contributed by atoms with Gasteiger partial charge in [-0.2, -0.15) is 0 Å². The Bertz CT molecular complexity index is 259. The molecule has 2 N–H and O–H groups in total. The third kappa shape index (κ3) is 5.57. The summed E-state index contributed by atoms with van der Waals surface area (Å²) in [4.78, 5) is 16.5. The lowest BCUT2D eigenvalue weighted by Crippen LogP contribution is -1.81. The van der Waals surface area contributed by atoms with E-state index < -0.39 is 24.3 Å². The Morgan fingerprint density at radius 2 is 1.92 bits per heavy atom. The van der Waals surface area contributed by atoms with Gasteiger partial charge in [0.2, 0.25) is 0 Å². The van der Waals surface area contributed by atoms with Gasteiger partial charge in [0, 0.05) is 20.2 Å². The summed E-state index contributed by atoms with van der Waals surface area (Å²) in [5.41, 5.74) is 0. The Morgan fingerprint density at radius 1 is 1.42 bits per heavy atom. The van der Waals surface area contributed by atoms with Crippen LogP contribution >= 0.6 is 24.3 Å². The number of hydrogen-bond donors (Lipinski definition) is 2. The summed E-state index contributed by atoms with van der Waals surface area (Å²) in [7, 11) is -10.9. The van der Waals surface area contributed by atoms with Gasteiger partial charge in [-0.25, -0.2) is 4.57 Å². The van der Waals surface area contributed by atoms with Crippen LogP contribution in [-0.4, -0.2) is 16.5 Å². The van der Waals surface area contributed by atoms with Crippen molar-refractivity contribution in [3.8, 4) is 0 Å². The van der Waals surface area contributed by atoms with Gasteiger partial charge in [0.05, 0.1) is 0 Å². The Hall–Kier alpha value is -0.0600. The molecule has 0 aliphatic heterocycles. The number of phosphoric acid groups is 1. The first kappa shape index (κ1) is 11.9. The van der Waals surface area contributed by atoms with Gasteiger partial charge >= 0.3 is 24.3 Å². The van der Waals surface area contributed by atoms with Gasteiger partial charge < -0.3 is 0 Å². The van der Waals surface area contributed by atoms with Gasteiger partial charge in [0.25, 0.3) is 0 Å². The smallest absolute Gasteiger partial charge is 0.298 e. The molecule has 3 atom stereocenters. The predicted molar refractivity (Wildman–Crippen MR) is 39.0 cm³/mol. The highest BCUT2D eigenvalue weighted by Crippen LogP contribution is 2.56. The van der Waals surface area contributed by atoms with E-state index in [2.05, 4.69) is 20.1 Å². The standard InChI is InChI=1S/CH2NO7P3/c1-2-10(3)8-12(6,7)9-11(4)5/h1H2/p+2. The lowest BCUT2D eigenvalue weighted by molar-refractivity contribution is 0.284. The topological polar surface area (TPSA) is 122 Å². The van der Waals surface area contributed by atoms with E-state index in [-0.39, 0.29) is 0 Å². The van der Waals surface area contributed by atoms with Crippen LogP contribution in [0.3, 0.4) is 0 Å². The van der Waals surface area contributed by atoms with Gasteiger partial charge in [-0.3, -0.25) is 4.89 Å². The fraction of sp³-hybridized carbons (Fsp3) is 0. The van der Waals surface area contributed by atoms with Crippen molar-refractivity contribution in [2.75, 3.05) is 0 Å². The van der Waals surface area contributed by atoms with Crippen LogP contribution in [0.2, 0.25) is 0 Å². The molecule has 0 aliphatic carbocycles. The van der Waals surface area contributed by atoms with Crippen LogP contribution in [-0.2, 0) is 22.3 Å². The Labute approximate surface area is 68.7 Å². The average molecular weight is 235 g/mol. The van der Waals surface area contributed by atoms with Gasteiger partial charge in [-0.05, 0) is 9.07 Å². The summed E-state index contributed by atoms with van der Waals surface area (Å²) in [6, 6.07) is 0. The third-order valence-corrected chi connectivity index (χ3v) is 3.46. The SMILES string of the molecule is C=N[P+](=O)OP(=O)(O)O[P+](=O)O. The van der Waals surface area contributed by atoms with E-state index in [9.17, 15) is 13.7 Å². The van der Waals surface area contributed by atoms with E-state index in [4.69, 9.17) is 9.79 Å². The van der Waals surface area contributed by atoms with E-state index in [0.717, 1.165) is 0 Å². The highest BCUT2D eigenvalue weighted by Gasteiger charge is 2.43. The molecule has 0 amide bonds. The van der Waals surface area contributed by atoms with E-state index in [1.807, 2.05) is 0 Å². The molecule has 11 heteroatoms. The molecule has 0 aromatic heterocycles. The zero-order chi connectivity index (χ0) is 9.78. The van der Waals surface area contributed by atoms with Gasteiger partial charge in [-0.1, -0.05) is 0 Å². The van der Waals surface area contributed by atoms with Crippen LogP contribution in [0.25, 0.3) is 0 Å². The largest absolute Gasteiger partial charge is 0.705 e. The maximum absolute atomic E-state index is 10.5. The molecule has 0 aliphatic rings. The second-order valence-corrected chi connectivity index (χ2v) is 4.73. The molecule has 0 aromatic rings. The first-order valence-electron chi connectivity index (χ1n) is 2.19. The van der Waals surface area contributed by atoms with E-state index in [1.54, 1.807) is 0 Å². The van der Waals surface area contributed by atoms with Crippen molar-refractivity contribution in [3.63, 3.8) is 0 Å². The maximum atomic E-state index is 10.5. The lowest BCUT2D eigenvalue weighted by Gasteiger charge is -1.89. The minimum absolute atomic E-state index is 2.73. The fourth-order valence-electron chi connectivity index (χ4n) is 0.217. The molecular weight excluding hydrogens is 231 g/mol. The van der Waals surface area contributed by atoms with E-state index in [0.29, 0.717) is 0 Å². The van der Waals surface area contributed by atoms with Gasteiger partial charge in [0.1, 0.15) is 0 Å². The molecule has 0 bridgehead atoms. The number of nitrogens with zero attached hydrogens (tertiary/aromatic N) is 1. The van der Waals surface area contributed by atoms with Crippen LogP contribution in [0.15, 0.2) is 4.76 Å². The Kier molecular flexibility index (Phi) is 4.82. The Balaban J connectivity index is 4.22. The molecule has 0 saturated carbocycles. The summed E-state index contributed by atoms with van der Waals surface area (Å²) >= 11 is 0. The molecule has 68 valence electrons. The zero-order valence-electron chi connectivity index (χ0n) is 5.43. The molecule has 12 heavy (non-hydrogen) atoms. The third-order valence-electron chi connectivity index (χ3n) is 0.462. The van der Waals surface area contributed by atoms with Crippen LogP contribution in [0.5, 0.6) is 0 Å². The molecule has 0 fully saturated rings. The monoisotopic (exact) mass is 235 g/mol. The maximum Gasteiger partial charge on any atom is 0.705 e. The van der Waals surface area contributed by atoms with Gasteiger partial charge in [0.15, 0.2) is 0 Å². The van der Waals surface area contributed by atoms with Crippen molar-refractivity contribution in [1.82, 2.24) is 0 Å². The van der Waals surface area contributed by atoms with Gasteiger partial charge in [-0.15, -0.1) is 4.89 Å². The highest BCUT2D eigenvalue weighted by atomic mass is 31.3. The minimum atomic E-state index is -4.77. The minimum Gasteiger partial charge on any atom is -0.298 e. The molecule has 0 aromatic carbocycles. The van der Waals surface area contributed by atoms with Crippen LogP contribution in [0, 0.1) is 0 Å². The van der Waals surface area contributed by atoms with Crippen molar-refractivity contribution in [1.29, 1.82) is 0 Å². The average Bonchev–Trinajstić information content (AvgIpc) is 1.83. The van der Waals surface area contributed by atoms with Crippen molar-refractivity contribution < 1.29 is 32.1 Å². The lowest BCUT2D eigenvalue weighted by atomic mass is 11.8. The highest BCUT2D eigenvalue weighted by molar-refractivity contribution is 7.61. The molecular formula is CH4NO7P3+2. The molecule has 0 saturated heterocycles. The first-order chi connectivity index (χ1) is 5.37. The summed E-state index contributed by atoms with van der Waals surface area (Å²) in [5, 5.41) is 0. The summed E-state index contributed by atoms with van der Waals surface area (Å²) in [5.74, 6) is 0. The number of hydrogen-bond acceptors (Lipinski definition) is 5. The normalized spacial score (nSPS) is 17.8.